The molecule has 1 heteroatoms. The van der Waals surface area contributed by atoms with Crippen molar-refractivity contribution in [3.63, 3.8) is 0 Å². The minimum absolute atomic E-state index is 0.200. The first-order chi connectivity index (χ1) is 5.38. The lowest BCUT2D eigenvalue weighted by Crippen LogP contribution is -2.33. The van der Waals surface area contributed by atoms with Gasteiger partial charge in [-0.05, 0) is 31.1 Å². The van der Waals surface area contributed by atoms with Gasteiger partial charge in [0.1, 0.15) is 0 Å². The van der Waals surface area contributed by atoms with Crippen LogP contribution in [0, 0.1) is 11.8 Å². The maximum Gasteiger partial charge on any atom is 0.0960 e. The third-order valence-electron chi connectivity index (χ3n) is 3.51. The zero-order valence-electron chi connectivity index (χ0n) is 7.09. The van der Waals surface area contributed by atoms with E-state index in [1.54, 1.807) is 0 Å². The van der Waals surface area contributed by atoms with E-state index >= 15 is 0 Å². The van der Waals surface area contributed by atoms with Gasteiger partial charge in [-0.15, -0.1) is 0 Å². The van der Waals surface area contributed by atoms with E-state index in [1.807, 2.05) is 0 Å². The van der Waals surface area contributed by atoms with Gasteiger partial charge in [0.05, 0.1) is 6.10 Å². The smallest absolute Gasteiger partial charge is 0.0960 e. The molecule has 11 heavy (non-hydrogen) atoms. The first kappa shape index (κ1) is 7.60. The molecule has 0 aromatic heterocycles. The first-order valence-corrected chi connectivity index (χ1v) is 5.04. The summed E-state index contributed by atoms with van der Waals surface area (Å²) in [4.78, 5) is 0. The molecule has 1 nitrogen and oxygen atoms in total. The van der Waals surface area contributed by atoms with E-state index in [0.717, 1.165) is 12.3 Å². The summed E-state index contributed by atoms with van der Waals surface area (Å²) >= 11 is 0. The molecule has 2 aliphatic carbocycles. The van der Waals surface area contributed by atoms with Crippen molar-refractivity contribution in [2.45, 2.75) is 51.0 Å². The van der Waals surface area contributed by atoms with Crippen molar-refractivity contribution in [2.75, 3.05) is 0 Å². The van der Waals surface area contributed by atoms with Gasteiger partial charge in [0, 0.05) is 0 Å². The lowest BCUT2D eigenvalue weighted by molar-refractivity contribution is -0.0351. The summed E-state index contributed by atoms with van der Waals surface area (Å²) in [7, 11) is 0. The summed E-state index contributed by atoms with van der Waals surface area (Å²) in [5, 5.41) is 11.5. The first-order valence-electron chi connectivity index (χ1n) is 5.04. The zero-order valence-corrected chi connectivity index (χ0v) is 7.09. The van der Waals surface area contributed by atoms with Gasteiger partial charge in [-0.3, -0.25) is 0 Å². The Labute approximate surface area is 68.8 Å². The van der Waals surface area contributed by atoms with Crippen molar-refractivity contribution in [3.05, 3.63) is 0 Å². The molecule has 2 saturated carbocycles. The summed E-state index contributed by atoms with van der Waals surface area (Å²) in [6.45, 7) is 0. The molecule has 0 saturated heterocycles. The topological polar surface area (TPSA) is 19.9 Å². The average molecular weight is 153 g/mol. The van der Waals surface area contributed by atoms with Crippen LogP contribution in [-0.4, -0.2) is 6.10 Å². The second kappa shape index (κ2) is 3.14. The third kappa shape index (κ3) is 1.44. The Morgan fingerprint density at radius 1 is 0.818 bits per heavy atom. The molecule has 0 spiro atoms. The van der Waals surface area contributed by atoms with Crippen LogP contribution in [0.1, 0.15) is 44.9 Å². The van der Waals surface area contributed by atoms with Crippen LogP contribution in [0.4, 0.5) is 0 Å². The van der Waals surface area contributed by atoms with Crippen molar-refractivity contribution < 1.29 is 5.11 Å². The summed E-state index contributed by atoms with van der Waals surface area (Å²) in [6, 6.07) is 0. The summed E-state index contributed by atoms with van der Waals surface area (Å²) in [5.74, 6) is 1.39. The molecule has 2 aliphatic rings. The van der Waals surface area contributed by atoms with Gasteiger partial charge in [-0.2, -0.15) is 0 Å². The Morgan fingerprint density at radius 3 is 2.36 bits per heavy atom. The van der Waals surface area contributed by atoms with Gasteiger partial charge in [-0.25, -0.2) is 5.11 Å². The summed E-state index contributed by atoms with van der Waals surface area (Å²) < 4.78 is 0. The Balaban J connectivity index is 1.99. The van der Waals surface area contributed by atoms with Crippen LogP contribution in [0.15, 0.2) is 0 Å². The highest BCUT2D eigenvalue weighted by molar-refractivity contribution is 4.84. The van der Waals surface area contributed by atoms with E-state index in [-0.39, 0.29) is 6.10 Å². The molecule has 2 fully saturated rings. The van der Waals surface area contributed by atoms with Crippen LogP contribution in [0.2, 0.25) is 0 Å². The van der Waals surface area contributed by atoms with Gasteiger partial charge < -0.3 is 0 Å². The van der Waals surface area contributed by atoms with Crippen molar-refractivity contribution in [2.24, 2.45) is 11.8 Å². The molecule has 0 aromatic rings. The minimum atomic E-state index is -0.200. The van der Waals surface area contributed by atoms with Crippen LogP contribution in [0.25, 0.3) is 0 Å². The average Bonchev–Trinajstić information content (AvgIpc) is 2.06. The molecule has 0 N–H and O–H groups in total. The van der Waals surface area contributed by atoms with Crippen LogP contribution < -0.4 is 0 Å². The van der Waals surface area contributed by atoms with Crippen molar-refractivity contribution in [1.82, 2.24) is 0 Å². The number of hydrogen-bond donors (Lipinski definition) is 0. The molecule has 63 valence electrons. The highest BCUT2D eigenvalue weighted by atomic mass is 16.3. The van der Waals surface area contributed by atoms with Crippen molar-refractivity contribution >= 4 is 0 Å². The molecule has 1 unspecified atom stereocenters. The number of hydrogen-bond acceptors (Lipinski definition) is 0. The van der Waals surface area contributed by atoms with Gasteiger partial charge in [0.2, 0.25) is 0 Å². The Bertz CT molecular complexity index is 131. The molecule has 0 aromatic carbocycles. The van der Waals surface area contributed by atoms with E-state index in [9.17, 15) is 5.11 Å². The molecule has 0 bridgehead atoms. The second-order valence-electron chi connectivity index (χ2n) is 4.18. The van der Waals surface area contributed by atoms with Crippen LogP contribution in [0.5, 0.6) is 0 Å². The largest absolute Gasteiger partial charge is 0.233 e. The third-order valence-corrected chi connectivity index (χ3v) is 3.51. The molecule has 0 heterocycles. The van der Waals surface area contributed by atoms with E-state index in [0.29, 0.717) is 5.92 Å². The van der Waals surface area contributed by atoms with Crippen LogP contribution in [-0.2, 0) is 5.11 Å². The summed E-state index contributed by atoms with van der Waals surface area (Å²) in [6.07, 6.45) is 8.60. The van der Waals surface area contributed by atoms with Crippen molar-refractivity contribution in [3.8, 4) is 0 Å². The van der Waals surface area contributed by atoms with Crippen LogP contribution in [0.3, 0.4) is 0 Å². The lowest BCUT2D eigenvalue weighted by atomic mass is 9.69. The van der Waals surface area contributed by atoms with E-state index in [4.69, 9.17) is 0 Å². The zero-order chi connectivity index (χ0) is 7.68. The summed E-state index contributed by atoms with van der Waals surface area (Å²) in [5.41, 5.74) is 0. The fourth-order valence-corrected chi connectivity index (χ4v) is 2.88. The standard InChI is InChI=1S/C10H17O/c11-10-7-3-5-8-4-1-2-6-9(8)10/h8-10H,1-7H2/t8-,9?,10+/m1/s1. The minimum Gasteiger partial charge on any atom is -0.233 e. The fourth-order valence-electron chi connectivity index (χ4n) is 2.88. The highest BCUT2D eigenvalue weighted by Gasteiger charge is 2.34. The second-order valence-corrected chi connectivity index (χ2v) is 4.18. The monoisotopic (exact) mass is 153 g/mol. The molecular weight excluding hydrogens is 136 g/mol. The molecule has 3 atom stereocenters. The van der Waals surface area contributed by atoms with Gasteiger partial charge >= 0.3 is 0 Å². The molecule has 2 rings (SSSR count). The Hall–Kier alpha value is -0.0400. The van der Waals surface area contributed by atoms with Gasteiger partial charge in [-0.1, -0.05) is 25.7 Å². The quantitative estimate of drug-likeness (QED) is 0.510. The van der Waals surface area contributed by atoms with E-state index in [1.165, 1.54) is 38.5 Å². The van der Waals surface area contributed by atoms with E-state index < -0.39 is 0 Å². The molecule has 1 radical (unpaired) electrons. The maximum absolute atomic E-state index is 11.5. The highest BCUT2D eigenvalue weighted by Crippen LogP contribution is 2.40. The van der Waals surface area contributed by atoms with Crippen LogP contribution >= 0.6 is 0 Å². The molecule has 0 amide bonds. The Morgan fingerprint density at radius 2 is 1.55 bits per heavy atom. The number of fused-ring (bicyclic) bond motifs is 1. The normalized spacial score (nSPS) is 45.0. The van der Waals surface area contributed by atoms with Gasteiger partial charge in [0.25, 0.3) is 0 Å². The van der Waals surface area contributed by atoms with Gasteiger partial charge in [0.15, 0.2) is 0 Å². The molecule has 0 aliphatic heterocycles. The SMILES string of the molecule is [O][C@H]1CCC[C@H]2CCCCC21. The van der Waals surface area contributed by atoms with Crippen molar-refractivity contribution in [1.29, 1.82) is 0 Å². The molecular formula is C10H17O. The number of rotatable bonds is 0. The predicted molar refractivity (Wildman–Crippen MR) is 43.8 cm³/mol. The fraction of sp³-hybridized carbons (Fsp3) is 1.00. The predicted octanol–water partition coefficient (Wildman–Crippen LogP) is 2.78. The Kier molecular flexibility index (Phi) is 2.17. The maximum atomic E-state index is 11.5. The van der Waals surface area contributed by atoms with E-state index in [2.05, 4.69) is 0 Å². The lowest BCUT2D eigenvalue weighted by Gasteiger charge is -2.37.